The van der Waals surface area contributed by atoms with Crippen LogP contribution in [0.4, 0.5) is 5.69 Å². The van der Waals surface area contributed by atoms with Gasteiger partial charge in [-0.05, 0) is 12.0 Å². The van der Waals surface area contributed by atoms with Gasteiger partial charge < -0.3 is 10.6 Å². The van der Waals surface area contributed by atoms with Gasteiger partial charge in [0.15, 0.2) is 0 Å². The Bertz CT molecular complexity index is 903. The number of hydrogen-bond donors (Lipinski definition) is 2. The first-order valence-electron chi connectivity index (χ1n) is 8.07. The summed E-state index contributed by atoms with van der Waals surface area (Å²) in [5.74, 6) is -0.440. The summed E-state index contributed by atoms with van der Waals surface area (Å²) in [6.45, 7) is 1.47. The van der Waals surface area contributed by atoms with E-state index in [9.17, 15) is 9.59 Å². The molecule has 0 radical (unpaired) electrons. The van der Waals surface area contributed by atoms with Crippen LogP contribution >= 0.6 is 11.3 Å². The molecule has 0 saturated carbocycles. The summed E-state index contributed by atoms with van der Waals surface area (Å²) in [6.07, 6.45) is 3.89. The molecule has 2 aromatic heterocycles. The summed E-state index contributed by atoms with van der Waals surface area (Å²) in [5.41, 5.74) is 2.01. The first kappa shape index (κ1) is 17.8. The highest BCUT2D eigenvalue weighted by atomic mass is 32.1. The van der Waals surface area contributed by atoms with Crippen molar-refractivity contribution in [2.24, 2.45) is 7.05 Å². The van der Waals surface area contributed by atoms with E-state index in [0.29, 0.717) is 22.8 Å². The summed E-state index contributed by atoms with van der Waals surface area (Å²) >= 11 is 1.36. The maximum Gasteiger partial charge on any atom is 0.275 e. The van der Waals surface area contributed by atoms with Gasteiger partial charge in [0, 0.05) is 25.5 Å². The van der Waals surface area contributed by atoms with E-state index < -0.39 is 0 Å². The van der Waals surface area contributed by atoms with E-state index in [-0.39, 0.29) is 17.9 Å². The number of nitrogens with one attached hydrogen (secondary N) is 2. The van der Waals surface area contributed by atoms with Crippen LogP contribution in [0.3, 0.4) is 0 Å². The summed E-state index contributed by atoms with van der Waals surface area (Å²) in [4.78, 5) is 28.4. The molecule has 8 heteroatoms. The summed E-state index contributed by atoms with van der Waals surface area (Å²) in [5, 5.41) is 12.1. The Morgan fingerprint density at radius 2 is 2.04 bits per heavy atom. The third-order valence-electron chi connectivity index (χ3n) is 3.68. The molecule has 0 bridgehead atoms. The van der Waals surface area contributed by atoms with E-state index in [4.69, 9.17) is 0 Å². The van der Waals surface area contributed by atoms with Crippen molar-refractivity contribution in [2.45, 2.75) is 19.4 Å². The predicted octanol–water partition coefficient (Wildman–Crippen LogP) is 2.55. The van der Waals surface area contributed by atoms with Gasteiger partial charge >= 0.3 is 0 Å². The standard InChI is InChI=1S/C18H19N5O2S/c1-12(24)20-15(8-13-6-4-3-5-7-13)18-22-16(11-26-18)17(25)21-14-9-19-23(2)10-14/h3-7,9-11,15H,8H2,1-2H3,(H,20,24)(H,21,25)/t15-/m0/s1. The molecular formula is C18H19N5O2S. The van der Waals surface area contributed by atoms with Gasteiger partial charge in [0.1, 0.15) is 10.7 Å². The molecule has 3 aromatic rings. The number of rotatable bonds is 6. The zero-order valence-electron chi connectivity index (χ0n) is 14.5. The monoisotopic (exact) mass is 369 g/mol. The first-order chi connectivity index (χ1) is 12.5. The first-order valence-corrected chi connectivity index (χ1v) is 8.95. The third-order valence-corrected chi connectivity index (χ3v) is 4.63. The van der Waals surface area contributed by atoms with Gasteiger partial charge in [0.05, 0.1) is 17.9 Å². The molecule has 1 atom stereocenters. The number of carbonyl (C=O) groups excluding carboxylic acids is 2. The second-order valence-corrected chi connectivity index (χ2v) is 6.76. The molecule has 134 valence electrons. The predicted molar refractivity (Wildman–Crippen MR) is 100.0 cm³/mol. The van der Waals surface area contributed by atoms with Gasteiger partial charge in [-0.3, -0.25) is 14.3 Å². The molecule has 2 heterocycles. The van der Waals surface area contributed by atoms with Crippen LogP contribution < -0.4 is 10.6 Å². The highest BCUT2D eigenvalue weighted by Gasteiger charge is 2.20. The van der Waals surface area contributed by atoms with Gasteiger partial charge in [-0.15, -0.1) is 11.3 Å². The molecule has 26 heavy (non-hydrogen) atoms. The highest BCUT2D eigenvalue weighted by molar-refractivity contribution is 7.10. The zero-order chi connectivity index (χ0) is 18.5. The quantitative estimate of drug-likeness (QED) is 0.699. The molecule has 0 unspecified atom stereocenters. The topological polar surface area (TPSA) is 88.9 Å². The van der Waals surface area contributed by atoms with Crippen LogP contribution in [0.25, 0.3) is 0 Å². The summed E-state index contributed by atoms with van der Waals surface area (Å²) in [6, 6.07) is 9.57. The minimum absolute atomic E-state index is 0.137. The second-order valence-electron chi connectivity index (χ2n) is 5.87. The SMILES string of the molecule is CC(=O)N[C@@H](Cc1ccccc1)c1nc(C(=O)Nc2cnn(C)c2)cs1. The van der Waals surface area contributed by atoms with Crippen molar-refractivity contribution in [2.75, 3.05) is 5.32 Å². The minimum atomic E-state index is -0.304. The number of anilines is 1. The van der Waals surface area contributed by atoms with E-state index >= 15 is 0 Å². The average molecular weight is 369 g/mol. The van der Waals surface area contributed by atoms with Crippen LogP contribution in [0, 0.1) is 0 Å². The third kappa shape index (κ3) is 4.54. The lowest BCUT2D eigenvalue weighted by Gasteiger charge is -2.15. The van der Waals surface area contributed by atoms with E-state index in [1.165, 1.54) is 18.3 Å². The zero-order valence-corrected chi connectivity index (χ0v) is 15.3. The van der Waals surface area contributed by atoms with Gasteiger partial charge in [0.25, 0.3) is 5.91 Å². The number of amides is 2. The Kier molecular flexibility index (Phi) is 5.43. The maximum absolute atomic E-state index is 12.3. The smallest absolute Gasteiger partial charge is 0.275 e. The molecule has 0 aliphatic heterocycles. The van der Waals surface area contributed by atoms with Gasteiger partial charge in [-0.1, -0.05) is 30.3 Å². The van der Waals surface area contributed by atoms with Crippen LogP contribution in [-0.2, 0) is 18.3 Å². The maximum atomic E-state index is 12.3. The molecule has 2 amide bonds. The van der Waals surface area contributed by atoms with E-state index in [1.54, 1.807) is 29.5 Å². The number of aryl methyl sites for hydroxylation is 1. The largest absolute Gasteiger partial charge is 0.347 e. The fraction of sp³-hybridized carbons (Fsp3) is 0.222. The summed E-state index contributed by atoms with van der Waals surface area (Å²) in [7, 11) is 1.78. The van der Waals surface area contributed by atoms with Crippen LogP contribution in [-0.4, -0.2) is 26.6 Å². The lowest BCUT2D eigenvalue weighted by atomic mass is 10.1. The van der Waals surface area contributed by atoms with Crippen LogP contribution in [0.5, 0.6) is 0 Å². The Labute approximate surface area is 155 Å². The van der Waals surface area contributed by atoms with Crippen molar-refractivity contribution in [3.05, 3.63) is 64.4 Å². The Morgan fingerprint density at radius 3 is 2.69 bits per heavy atom. The van der Waals surface area contributed by atoms with Gasteiger partial charge in [-0.25, -0.2) is 4.98 Å². The van der Waals surface area contributed by atoms with Crippen molar-refractivity contribution in [3.8, 4) is 0 Å². The normalized spacial score (nSPS) is 11.8. The fourth-order valence-electron chi connectivity index (χ4n) is 2.53. The molecule has 0 aliphatic carbocycles. The molecular weight excluding hydrogens is 350 g/mol. The van der Waals surface area contributed by atoms with Crippen molar-refractivity contribution in [3.63, 3.8) is 0 Å². The Balaban J connectivity index is 1.75. The lowest BCUT2D eigenvalue weighted by Crippen LogP contribution is -2.27. The van der Waals surface area contributed by atoms with Crippen molar-refractivity contribution >= 4 is 28.8 Å². The molecule has 7 nitrogen and oxygen atoms in total. The number of nitrogens with zero attached hydrogens (tertiary/aromatic N) is 3. The van der Waals surface area contributed by atoms with Crippen LogP contribution in [0.15, 0.2) is 48.1 Å². The van der Waals surface area contributed by atoms with Crippen molar-refractivity contribution in [1.82, 2.24) is 20.1 Å². The highest BCUT2D eigenvalue weighted by Crippen LogP contribution is 2.23. The number of benzene rings is 1. The van der Waals surface area contributed by atoms with E-state index in [1.807, 2.05) is 30.3 Å². The molecule has 0 aliphatic rings. The van der Waals surface area contributed by atoms with Crippen LogP contribution in [0.1, 0.15) is 34.0 Å². The number of hydrogen-bond acceptors (Lipinski definition) is 5. The van der Waals surface area contributed by atoms with Crippen molar-refractivity contribution < 1.29 is 9.59 Å². The molecule has 2 N–H and O–H groups in total. The fourth-order valence-corrected chi connectivity index (χ4v) is 3.38. The number of thiazole rings is 1. The van der Waals surface area contributed by atoms with Crippen LogP contribution in [0.2, 0.25) is 0 Å². The van der Waals surface area contributed by atoms with Gasteiger partial charge in [-0.2, -0.15) is 5.10 Å². The van der Waals surface area contributed by atoms with E-state index in [2.05, 4.69) is 20.7 Å². The Hall–Kier alpha value is -3.00. The lowest BCUT2D eigenvalue weighted by molar-refractivity contribution is -0.119. The molecule has 0 spiro atoms. The van der Waals surface area contributed by atoms with Crippen molar-refractivity contribution in [1.29, 1.82) is 0 Å². The summed E-state index contributed by atoms with van der Waals surface area (Å²) < 4.78 is 1.61. The van der Waals surface area contributed by atoms with Gasteiger partial charge in [0.2, 0.25) is 5.91 Å². The number of carbonyl (C=O) groups is 2. The Morgan fingerprint density at radius 1 is 1.27 bits per heavy atom. The molecule has 1 aromatic carbocycles. The van der Waals surface area contributed by atoms with E-state index in [0.717, 1.165) is 5.56 Å². The average Bonchev–Trinajstić information content (AvgIpc) is 3.24. The second kappa shape index (κ2) is 7.92. The minimum Gasteiger partial charge on any atom is -0.347 e. The molecule has 0 fully saturated rings. The molecule has 0 saturated heterocycles. The number of aromatic nitrogens is 3. The molecule has 3 rings (SSSR count).